The molecule has 5 N–H and O–H groups in total. The van der Waals surface area contributed by atoms with Gasteiger partial charge in [0, 0.05) is 24.3 Å². The summed E-state index contributed by atoms with van der Waals surface area (Å²) in [6.07, 6.45) is 1.92. The maximum atomic E-state index is 5.82. The van der Waals surface area contributed by atoms with E-state index in [2.05, 4.69) is 11.1 Å². The molecule has 1 atom stereocenters. The number of halogens is 1. The van der Waals surface area contributed by atoms with E-state index in [0.29, 0.717) is 6.54 Å². The molecular weight excluding hydrogens is 198 g/mol. The van der Waals surface area contributed by atoms with Crippen LogP contribution in [-0.4, -0.2) is 11.5 Å². The lowest BCUT2D eigenvalue weighted by atomic mass is 10.1. The van der Waals surface area contributed by atoms with Crippen molar-refractivity contribution in [2.45, 2.75) is 6.04 Å². The van der Waals surface area contributed by atoms with Crippen molar-refractivity contribution in [2.75, 3.05) is 6.54 Å². The molecule has 1 aromatic carbocycles. The first kappa shape index (κ1) is 11.0. The smallest absolute Gasteiger partial charge is 0.0457 e. The zero-order valence-electron chi connectivity index (χ0n) is 7.73. The topological polar surface area (TPSA) is 67.8 Å². The number of H-pyrrole nitrogens is 1. The summed E-state index contributed by atoms with van der Waals surface area (Å²) in [7, 11) is 0. The van der Waals surface area contributed by atoms with Crippen LogP contribution < -0.4 is 11.5 Å². The van der Waals surface area contributed by atoms with Crippen molar-refractivity contribution in [3.05, 3.63) is 36.0 Å². The van der Waals surface area contributed by atoms with Crippen LogP contribution in [0.25, 0.3) is 10.9 Å². The van der Waals surface area contributed by atoms with Gasteiger partial charge in [0.25, 0.3) is 0 Å². The Morgan fingerprint density at radius 1 is 1.29 bits per heavy atom. The number of nitrogens with one attached hydrogen (secondary N) is 1. The molecule has 0 aliphatic carbocycles. The third-order valence-corrected chi connectivity index (χ3v) is 2.26. The minimum absolute atomic E-state index is 0. The number of nitrogens with two attached hydrogens (primary N) is 2. The third-order valence-electron chi connectivity index (χ3n) is 2.26. The predicted molar refractivity (Wildman–Crippen MR) is 61.5 cm³/mol. The summed E-state index contributed by atoms with van der Waals surface area (Å²) in [5, 5.41) is 1.20. The lowest BCUT2D eigenvalue weighted by molar-refractivity contribution is 0.738. The maximum absolute atomic E-state index is 5.82. The number of hydrogen-bond donors (Lipinski definition) is 3. The molecule has 76 valence electrons. The molecule has 0 saturated carbocycles. The molecule has 0 aliphatic heterocycles. The summed E-state index contributed by atoms with van der Waals surface area (Å²) < 4.78 is 0. The van der Waals surface area contributed by atoms with Gasteiger partial charge in [0.2, 0.25) is 0 Å². The number of fused-ring (bicyclic) bond motifs is 1. The summed E-state index contributed by atoms with van der Waals surface area (Å²) in [6, 6.07) is 8.09. The second-order valence-electron chi connectivity index (χ2n) is 3.17. The van der Waals surface area contributed by atoms with Crippen LogP contribution in [0.15, 0.2) is 30.5 Å². The molecule has 14 heavy (non-hydrogen) atoms. The molecule has 1 aromatic heterocycles. The van der Waals surface area contributed by atoms with Crippen LogP contribution in [0.1, 0.15) is 11.6 Å². The number of hydrogen-bond acceptors (Lipinski definition) is 2. The van der Waals surface area contributed by atoms with E-state index in [1.165, 1.54) is 5.39 Å². The van der Waals surface area contributed by atoms with E-state index in [1.807, 2.05) is 24.4 Å². The first-order valence-corrected chi connectivity index (χ1v) is 4.34. The molecule has 0 amide bonds. The van der Waals surface area contributed by atoms with Gasteiger partial charge in [-0.2, -0.15) is 0 Å². The van der Waals surface area contributed by atoms with Gasteiger partial charge in [-0.1, -0.05) is 12.1 Å². The molecule has 1 heterocycles. The summed E-state index contributed by atoms with van der Waals surface area (Å²) in [5.41, 5.74) is 13.5. The van der Waals surface area contributed by atoms with E-state index in [0.717, 1.165) is 11.1 Å². The van der Waals surface area contributed by atoms with Crippen LogP contribution in [0.4, 0.5) is 0 Å². The zero-order chi connectivity index (χ0) is 9.26. The van der Waals surface area contributed by atoms with E-state index in [-0.39, 0.29) is 18.4 Å². The molecule has 0 aliphatic rings. The average Bonchev–Trinajstić information content (AvgIpc) is 2.63. The van der Waals surface area contributed by atoms with Crippen molar-refractivity contribution in [3.63, 3.8) is 0 Å². The molecule has 0 unspecified atom stereocenters. The van der Waals surface area contributed by atoms with Gasteiger partial charge in [-0.15, -0.1) is 12.4 Å². The molecule has 2 aromatic rings. The van der Waals surface area contributed by atoms with Gasteiger partial charge in [0.15, 0.2) is 0 Å². The Labute approximate surface area is 88.9 Å². The van der Waals surface area contributed by atoms with E-state index in [9.17, 15) is 0 Å². The number of rotatable bonds is 2. The Balaban J connectivity index is 0.000000980. The van der Waals surface area contributed by atoms with Crippen LogP contribution in [0.3, 0.4) is 0 Å². The summed E-state index contributed by atoms with van der Waals surface area (Å²) in [4.78, 5) is 3.14. The monoisotopic (exact) mass is 211 g/mol. The minimum Gasteiger partial charge on any atom is -0.361 e. The van der Waals surface area contributed by atoms with Gasteiger partial charge in [0.05, 0.1) is 0 Å². The maximum Gasteiger partial charge on any atom is 0.0457 e. The normalized spacial score (nSPS) is 12.4. The van der Waals surface area contributed by atoms with Crippen molar-refractivity contribution in [1.82, 2.24) is 4.98 Å². The van der Waals surface area contributed by atoms with Crippen LogP contribution in [-0.2, 0) is 0 Å². The van der Waals surface area contributed by atoms with Gasteiger partial charge in [-0.25, -0.2) is 0 Å². The lowest BCUT2D eigenvalue weighted by Crippen LogP contribution is -2.20. The molecule has 3 nitrogen and oxygen atoms in total. The van der Waals surface area contributed by atoms with E-state index in [1.54, 1.807) is 0 Å². The van der Waals surface area contributed by atoms with Crippen molar-refractivity contribution in [2.24, 2.45) is 11.5 Å². The highest BCUT2D eigenvalue weighted by Crippen LogP contribution is 2.17. The first-order valence-electron chi connectivity index (χ1n) is 4.34. The summed E-state index contributed by atoms with van der Waals surface area (Å²) >= 11 is 0. The first-order chi connectivity index (χ1) is 6.31. The Bertz CT molecular complexity index is 410. The number of benzene rings is 1. The molecule has 4 heteroatoms. The highest BCUT2D eigenvalue weighted by molar-refractivity contribution is 5.85. The van der Waals surface area contributed by atoms with Crippen molar-refractivity contribution >= 4 is 23.3 Å². The largest absolute Gasteiger partial charge is 0.361 e. The van der Waals surface area contributed by atoms with Gasteiger partial charge >= 0.3 is 0 Å². The Kier molecular flexibility index (Phi) is 3.52. The highest BCUT2D eigenvalue weighted by atomic mass is 35.5. The van der Waals surface area contributed by atoms with Crippen molar-refractivity contribution < 1.29 is 0 Å². The molecule has 0 saturated heterocycles. The van der Waals surface area contributed by atoms with Crippen LogP contribution in [0, 0.1) is 0 Å². The number of aromatic nitrogens is 1. The standard InChI is InChI=1S/C10H13N3.ClH/c11-6-9(12)8-2-1-7-3-4-13-10(7)5-8;/h1-5,9,13H,6,11-12H2;1H/t9-;/m0./s1. The van der Waals surface area contributed by atoms with Gasteiger partial charge in [-0.3, -0.25) is 0 Å². The van der Waals surface area contributed by atoms with Crippen molar-refractivity contribution in [1.29, 1.82) is 0 Å². The van der Waals surface area contributed by atoms with Crippen LogP contribution >= 0.6 is 12.4 Å². The summed E-state index contributed by atoms with van der Waals surface area (Å²) in [5.74, 6) is 0. The van der Waals surface area contributed by atoms with Gasteiger partial charge in [-0.05, 0) is 23.1 Å². The zero-order valence-corrected chi connectivity index (χ0v) is 8.55. The van der Waals surface area contributed by atoms with Crippen molar-refractivity contribution in [3.8, 4) is 0 Å². The molecular formula is C10H14ClN3. The predicted octanol–water partition coefficient (Wildman–Crippen LogP) is 1.55. The molecule has 0 bridgehead atoms. The quantitative estimate of drug-likeness (QED) is 0.706. The van der Waals surface area contributed by atoms with E-state index in [4.69, 9.17) is 11.5 Å². The molecule has 0 fully saturated rings. The SMILES string of the molecule is Cl.NC[C@H](N)c1ccc2cc[nH]c2c1. The van der Waals surface area contributed by atoms with Crippen LogP contribution in [0.2, 0.25) is 0 Å². The Morgan fingerprint density at radius 2 is 2.07 bits per heavy atom. The van der Waals surface area contributed by atoms with E-state index >= 15 is 0 Å². The fraction of sp³-hybridized carbons (Fsp3) is 0.200. The highest BCUT2D eigenvalue weighted by Gasteiger charge is 2.03. The fourth-order valence-corrected chi connectivity index (χ4v) is 1.43. The second-order valence-corrected chi connectivity index (χ2v) is 3.17. The molecule has 0 spiro atoms. The molecule has 2 rings (SSSR count). The summed E-state index contributed by atoms with van der Waals surface area (Å²) in [6.45, 7) is 0.478. The Hall–Kier alpha value is -1.03. The van der Waals surface area contributed by atoms with E-state index < -0.39 is 0 Å². The lowest BCUT2D eigenvalue weighted by Gasteiger charge is -2.08. The number of aromatic amines is 1. The minimum atomic E-state index is -0.0623. The fourth-order valence-electron chi connectivity index (χ4n) is 1.43. The molecule has 0 radical (unpaired) electrons. The third kappa shape index (κ3) is 1.90. The van der Waals surface area contributed by atoms with Gasteiger partial charge in [0.1, 0.15) is 0 Å². The van der Waals surface area contributed by atoms with Crippen LogP contribution in [0.5, 0.6) is 0 Å². The Morgan fingerprint density at radius 3 is 2.79 bits per heavy atom. The second kappa shape index (κ2) is 4.46. The van der Waals surface area contributed by atoms with Gasteiger partial charge < -0.3 is 16.5 Å². The average molecular weight is 212 g/mol.